The molecule has 0 amide bonds. The maximum atomic E-state index is 12.1. The quantitative estimate of drug-likeness (QED) is 0.535. The SMILES string of the molecule is Cc1ccc(C(=O)CSc2nnnn2-c2ccc(C(=O)O)cc2)o1. The lowest BCUT2D eigenvalue weighted by atomic mass is 10.2. The number of carboxylic acids is 1. The Balaban J connectivity index is 1.73. The number of aryl methyl sites for hydroxylation is 1. The van der Waals surface area contributed by atoms with Gasteiger partial charge in [-0.15, -0.1) is 5.10 Å². The van der Waals surface area contributed by atoms with Gasteiger partial charge in [0, 0.05) is 0 Å². The Bertz CT molecular complexity index is 885. The lowest BCUT2D eigenvalue weighted by Gasteiger charge is -2.04. The number of nitrogens with zero attached hydrogens (tertiary/aromatic N) is 4. The molecular formula is C15H12N4O4S. The third kappa shape index (κ3) is 3.35. The molecule has 122 valence electrons. The number of Topliss-reactive ketones (excluding diaryl/α,β-unsaturated/α-hetero) is 1. The van der Waals surface area contributed by atoms with Crippen LogP contribution in [0.25, 0.3) is 5.69 Å². The monoisotopic (exact) mass is 344 g/mol. The highest BCUT2D eigenvalue weighted by molar-refractivity contribution is 7.99. The summed E-state index contributed by atoms with van der Waals surface area (Å²) in [6.07, 6.45) is 0. The predicted molar refractivity (Wildman–Crippen MR) is 84.6 cm³/mol. The van der Waals surface area contributed by atoms with Crippen LogP contribution in [0.3, 0.4) is 0 Å². The second-order valence-electron chi connectivity index (χ2n) is 4.85. The Kier molecular flexibility index (Phi) is 4.43. The van der Waals surface area contributed by atoms with E-state index in [1.807, 2.05) is 0 Å². The molecule has 0 spiro atoms. The first-order chi connectivity index (χ1) is 11.5. The largest absolute Gasteiger partial charge is 0.478 e. The molecule has 0 radical (unpaired) electrons. The summed E-state index contributed by atoms with van der Waals surface area (Å²) in [5.74, 6) is -0.0757. The van der Waals surface area contributed by atoms with E-state index in [-0.39, 0.29) is 17.1 Å². The van der Waals surface area contributed by atoms with Crippen molar-refractivity contribution in [1.82, 2.24) is 20.2 Å². The van der Waals surface area contributed by atoms with Gasteiger partial charge < -0.3 is 9.52 Å². The van der Waals surface area contributed by atoms with Gasteiger partial charge in [0.2, 0.25) is 10.9 Å². The molecule has 0 unspecified atom stereocenters. The van der Waals surface area contributed by atoms with Crippen LogP contribution < -0.4 is 0 Å². The van der Waals surface area contributed by atoms with Crippen LogP contribution in [-0.2, 0) is 0 Å². The standard InChI is InChI=1S/C15H12N4O4S/c1-9-2-7-13(23-9)12(20)8-24-15-16-17-18-19(15)11-5-3-10(4-6-11)14(21)22/h2-7H,8H2,1H3,(H,21,22). The zero-order chi connectivity index (χ0) is 17.1. The molecule has 2 aromatic heterocycles. The summed E-state index contributed by atoms with van der Waals surface area (Å²) in [6, 6.07) is 9.48. The Morgan fingerprint density at radius 3 is 2.58 bits per heavy atom. The summed E-state index contributed by atoms with van der Waals surface area (Å²) in [6.45, 7) is 1.77. The summed E-state index contributed by atoms with van der Waals surface area (Å²) in [5, 5.41) is 20.7. The van der Waals surface area contributed by atoms with Crippen LogP contribution in [0.4, 0.5) is 0 Å². The lowest BCUT2D eigenvalue weighted by molar-refractivity contribution is 0.0696. The number of hydrogen-bond donors (Lipinski definition) is 1. The molecule has 0 saturated heterocycles. The topological polar surface area (TPSA) is 111 Å². The third-order valence-corrected chi connectivity index (χ3v) is 4.07. The Morgan fingerprint density at radius 2 is 1.96 bits per heavy atom. The van der Waals surface area contributed by atoms with Crippen molar-refractivity contribution in [1.29, 1.82) is 0 Å². The normalized spacial score (nSPS) is 10.7. The van der Waals surface area contributed by atoms with Crippen molar-refractivity contribution in [3.8, 4) is 5.69 Å². The van der Waals surface area contributed by atoms with Gasteiger partial charge in [-0.25, -0.2) is 4.79 Å². The van der Waals surface area contributed by atoms with Crippen molar-refractivity contribution in [3.63, 3.8) is 0 Å². The average Bonchev–Trinajstić information content (AvgIpc) is 3.21. The van der Waals surface area contributed by atoms with Gasteiger partial charge in [0.25, 0.3) is 0 Å². The van der Waals surface area contributed by atoms with E-state index in [4.69, 9.17) is 9.52 Å². The van der Waals surface area contributed by atoms with Gasteiger partial charge in [0.05, 0.1) is 17.0 Å². The smallest absolute Gasteiger partial charge is 0.335 e. The summed E-state index contributed by atoms with van der Waals surface area (Å²) in [4.78, 5) is 22.9. The van der Waals surface area contributed by atoms with Crippen molar-refractivity contribution >= 4 is 23.5 Å². The Labute approximate surface area is 140 Å². The van der Waals surface area contributed by atoms with E-state index in [0.717, 1.165) is 0 Å². The molecule has 0 aliphatic rings. The number of rotatable bonds is 6. The van der Waals surface area contributed by atoms with Gasteiger partial charge in [0.15, 0.2) is 5.76 Å². The lowest BCUT2D eigenvalue weighted by Crippen LogP contribution is -2.04. The van der Waals surface area contributed by atoms with Crippen LogP contribution in [0.2, 0.25) is 0 Å². The molecule has 24 heavy (non-hydrogen) atoms. The van der Waals surface area contributed by atoms with Crippen molar-refractivity contribution in [2.24, 2.45) is 0 Å². The van der Waals surface area contributed by atoms with E-state index in [2.05, 4.69) is 15.5 Å². The van der Waals surface area contributed by atoms with Crippen LogP contribution >= 0.6 is 11.8 Å². The fourth-order valence-corrected chi connectivity index (χ4v) is 2.72. The zero-order valence-electron chi connectivity index (χ0n) is 12.5. The van der Waals surface area contributed by atoms with Crippen LogP contribution in [0.15, 0.2) is 46.0 Å². The summed E-state index contributed by atoms with van der Waals surface area (Å²) < 4.78 is 6.73. The van der Waals surface area contributed by atoms with E-state index >= 15 is 0 Å². The van der Waals surface area contributed by atoms with Gasteiger partial charge in [-0.3, -0.25) is 4.79 Å². The van der Waals surface area contributed by atoms with Crippen LogP contribution in [0.1, 0.15) is 26.7 Å². The molecule has 9 heteroatoms. The second kappa shape index (κ2) is 6.67. The molecule has 1 aromatic carbocycles. The van der Waals surface area contributed by atoms with E-state index in [9.17, 15) is 9.59 Å². The number of tetrazole rings is 1. The number of carbonyl (C=O) groups is 2. The number of aromatic nitrogens is 4. The van der Waals surface area contributed by atoms with Crippen LogP contribution in [-0.4, -0.2) is 42.8 Å². The highest BCUT2D eigenvalue weighted by Crippen LogP contribution is 2.20. The number of aromatic carboxylic acids is 1. The van der Waals surface area contributed by atoms with Crippen molar-refractivity contribution in [3.05, 3.63) is 53.5 Å². The number of carboxylic acid groups (broad SMARTS) is 1. The predicted octanol–water partition coefficient (Wildman–Crippen LogP) is 2.24. The van der Waals surface area contributed by atoms with Gasteiger partial charge in [-0.2, -0.15) is 4.68 Å². The van der Waals surface area contributed by atoms with Crippen molar-refractivity contribution in [2.75, 3.05) is 5.75 Å². The molecule has 0 fully saturated rings. The second-order valence-corrected chi connectivity index (χ2v) is 5.79. The number of hydrogen-bond acceptors (Lipinski definition) is 7. The minimum Gasteiger partial charge on any atom is -0.478 e. The molecule has 0 aliphatic heterocycles. The minimum absolute atomic E-state index is 0.126. The molecular weight excluding hydrogens is 332 g/mol. The molecule has 3 aromatic rings. The number of thioether (sulfide) groups is 1. The van der Waals surface area contributed by atoms with Crippen molar-refractivity contribution < 1.29 is 19.1 Å². The first kappa shape index (κ1) is 15.9. The van der Waals surface area contributed by atoms with E-state index in [1.54, 1.807) is 31.2 Å². The van der Waals surface area contributed by atoms with E-state index < -0.39 is 5.97 Å². The van der Waals surface area contributed by atoms with Gasteiger partial charge in [-0.05, 0) is 53.7 Å². The maximum Gasteiger partial charge on any atom is 0.335 e. The van der Waals surface area contributed by atoms with Gasteiger partial charge >= 0.3 is 5.97 Å². The Morgan fingerprint density at radius 1 is 1.21 bits per heavy atom. The summed E-state index contributed by atoms with van der Waals surface area (Å²) in [7, 11) is 0. The van der Waals surface area contributed by atoms with Crippen molar-refractivity contribution in [2.45, 2.75) is 12.1 Å². The highest BCUT2D eigenvalue weighted by Gasteiger charge is 2.15. The Hall–Kier alpha value is -2.94. The first-order valence-electron chi connectivity index (χ1n) is 6.89. The maximum absolute atomic E-state index is 12.1. The first-order valence-corrected chi connectivity index (χ1v) is 7.87. The average molecular weight is 344 g/mol. The summed E-state index contributed by atoms with van der Waals surface area (Å²) >= 11 is 1.17. The molecule has 3 rings (SSSR count). The number of furan rings is 1. The van der Waals surface area contributed by atoms with E-state index in [1.165, 1.54) is 28.6 Å². The fourth-order valence-electron chi connectivity index (χ4n) is 1.96. The molecule has 0 aliphatic carbocycles. The van der Waals surface area contributed by atoms with E-state index in [0.29, 0.717) is 22.4 Å². The minimum atomic E-state index is -1.01. The molecule has 1 N–H and O–H groups in total. The van der Waals surface area contributed by atoms with Gasteiger partial charge in [-0.1, -0.05) is 11.8 Å². The molecule has 2 heterocycles. The number of benzene rings is 1. The number of ketones is 1. The highest BCUT2D eigenvalue weighted by atomic mass is 32.2. The number of carbonyl (C=O) groups excluding carboxylic acids is 1. The van der Waals surface area contributed by atoms with Gasteiger partial charge in [0.1, 0.15) is 5.76 Å². The fraction of sp³-hybridized carbons (Fsp3) is 0.133. The molecule has 0 atom stereocenters. The third-order valence-electron chi connectivity index (χ3n) is 3.15. The molecule has 0 saturated carbocycles. The molecule has 0 bridgehead atoms. The zero-order valence-corrected chi connectivity index (χ0v) is 13.4. The van der Waals surface area contributed by atoms with Crippen LogP contribution in [0.5, 0.6) is 0 Å². The molecule has 8 nitrogen and oxygen atoms in total. The van der Waals surface area contributed by atoms with Crippen LogP contribution in [0, 0.1) is 6.92 Å². The summed E-state index contributed by atoms with van der Waals surface area (Å²) in [5.41, 5.74) is 0.776.